The van der Waals surface area contributed by atoms with Gasteiger partial charge in [-0.15, -0.1) is 0 Å². The molecule has 0 aliphatic heterocycles. The van der Waals surface area contributed by atoms with Crippen molar-refractivity contribution in [3.05, 3.63) is 53.1 Å². The number of esters is 1. The zero-order valence-corrected chi connectivity index (χ0v) is 18.7. The van der Waals surface area contributed by atoms with E-state index in [1.165, 1.54) is 39.5 Å². The van der Waals surface area contributed by atoms with Gasteiger partial charge < -0.3 is 18.4 Å². The highest BCUT2D eigenvalue weighted by molar-refractivity contribution is 7.87. The van der Waals surface area contributed by atoms with Crippen molar-refractivity contribution in [2.24, 2.45) is 0 Å². The van der Waals surface area contributed by atoms with Crippen LogP contribution < -0.4 is 13.7 Å². The number of hydrogen-bond donors (Lipinski definition) is 0. The van der Waals surface area contributed by atoms with Gasteiger partial charge in [-0.1, -0.05) is 26.0 Å². The molecule has 0 aliphatic rings. The summed E-state index contributed by atoms with van der Waals surface area (Å²) in [5.41, 5.74) is 2.02. The molecule has 0 atom stereocenters. The molecule has 0 saturated carbocycles. The first-order chi connectivity index (χ1) is 14.1. The molecule has 0 fully saturated rings. The van der Waals surface area contributed by atoms with Gasteiger partial charge in [0.1, 0.15) is 5.75 Å². The van der Waals surface area contributed by atoms with Gasteiger partial charge in [0.15, 0.2) is 16.4 Å². The van der Waals surface area contributed by atoms with Crippen LogP contribution in [0, 0.1) is 6.92 Å². The zero-order valence-electron chi connectivity index (χ0n) is 17.9. The molecule has 0 aliphatic carbocycles. The Morgan fingerprint density at radius 1 is 1.00 bits per heavy atom. The second kappa shape index (κ2) is 9.67. The third-order valence-electron chi connectivity index (χ3n) is 4.34. The molecule has 2 aromatic rings. The Hall–Kier alpha value is -3.00. The van der Waals surface area contributed by atoms with E-state index in [4.69, 9.17) is 13.7 Å². The van der Waals surface area contributed by atoms with Crippen LogP contribution in [-0.2, 0) is 19.6 Å². The standard InChI is InChI=1S/C22H26O7S/c1-14(2)17-9-7-15(3)11-18(17)29-30(24,25)20-13-16(8-10-21(23)27-5)12-19(26-4)22(20)28-6/h7-14H,1-6H3/b10-8+. The summed E-state index contributed by atoms with van der Waals surface area (Å²) in [4.78, 5) is 11.2. The molecule has 7 nitrogen and oxygen atoms in total. The van der Waals surface area contributed by atoms with Crippen molar-refractivity contribution in [2.75, 3.05) is 21.3 Å². The summed E-state index contributed by atoms with van der Waals surface area (Å²) in [6, 6.07) is 8.32. The average Bonchev–Trinajstić information content (AvgIpc) is 2.70. The smallest absolute Gasteiger partial charge is 0.343 e. The summed E-state index contributed by atoms with van der Waals surface area (Å²) < 4.78 is 47.1. The Balaban J connectivity index is 2.61. The van der Waals surface area contributed by atoms with Gasteiger partial charge in [-0.05, 0) is 53.8 Å². The van der Waals surface area contributed by atoms with E-state index in [0.29, 0.717) is 5.56 Å². The third kappa shape index (κ3) is 5.33. The molecule has 0 bridgehead atoms. The predicted octanol–water partition coefficient (Wildman–Crippen LogP) is 4.09. The lowest BCUT2D eigenvalue weighted by molar-refractivity contribution is -0.134. The highest BCUT2D eigenvalue weighted by atomic mass is 32.2. The first-order valence-electron chi connectivity index (χ1n) is 9.20. The van der Waals surface area contributed by atoms with E-state index in [9.17, 15) is 13.2 Å². The molecular formula is C22H26O7S. The fourth-order valence-corrected chi connectivity index (χ4v) is 3.98. The third-order valence-corrected chi connectivity index (χ3v) is 5.58. The van der Waals surface area contributed by atoms with Crippen LogP contribution in [0.25, 0.3) is 6.08 Å². The molecule has 0 heterocycles. The number of hydrogen-bond acceptors (Lipinski definition) is 7. The molecule has 0 spiro atoms. The molecule has 0 radical (unpaired) electrons. The summed E-state index contributed by atoms with van der Waals surface area (Å²) in [6.45, 7) is 5.75. The molecule has 162 valence electrons. The largest absolute Gasteiger partial charge is 0.493 e. The number of aryl methyl sites for hydroxylation is 1. The minimum absolute atomic E-state index is 0.00599. The summed E-state index contributed by atoms with van der Waals surface area (Å²) in [7, 11) is -0.304. The second-order valence-electron chi connectivity index (χ2n) is 6.84. The number of rotatable bonds is 8. The van der Waals surface area contributed by atoms with Gasteiger partial charge in [0, 0.05) is 6.08 Å². The van der Waals surface area contributed by atoms with E-state index in [-0.39, 0.29) is 28.1 Å². The monoisotopic (exact) mass is 434 g/mol. The van der Waals surface area contributed by atoms with E-state index >= 15 is 0 Å². The number of ether oxygens (including phenoxy) is 3. The van der Waals surface area contributed by atoms with Gasteiger partial charge in [-0.3, -0.25) is 0 Å². The van der Waals surface area contributed by atoms with Crippen LogP contribution >= 0.6 is 0 Å². The van der Waals surface area contributed by atoms with Crippen molar-refractivity contribution in [3.8, 4) is 17.2 Å². The lowest BCUT2D eigenvalue weighted by atomic mass is 10.0. The topological polar surface area (TPSA) is 88.1 Å². The number of benzene rings is 2. The average molecular weight is 435 g/mol. The van der Waals surface area contributed by atoms with E-state index in [0.717, 1.165) is 11.1 Å². The fraction of sp³-hybridized carbons (Fsp3) is 0.318. The lowest BCUT2D eigenvalue weighted by Crippen LogP contribution is -2.13. The lowest BCUT2D eigenvalue weighted by Gasteiger charge is -2.17. The minimum Gasteiger partial charge on any atom is -0.493 e. The van der Waals surface area contributed by atoms with Crippen molar-refractivity contribution in [3.63, 3.8) is 0 Å². The summed E-state index contributed by atoms with van der Waals surface area (Å²) in [5, 5.41) is 0. The Morgan fingerprint density at radius 2 is 1.70 bits per heavy atom. The van der Waals surface area contributed by atoms with E-state index in [2.05, 4.69) is 4.74 Å². The number of methoxy groups -OCH3 is 3. The molecular weight excluding hydrogens is 408 g/mol. The van der Waals surface area contributed by atoms with E-state index < -0.39 is 16.1 Å². The molecule has 0 aromatic heterocycles. The van der Waals surface area contributed by atoms with Crippen molar-refractivity contribution >= 4 is 22.2 Å². The van der Waals surface area contributed by atoms with Crippen molar-refractivity contribution in [2.45, 2.75) is 31.6 Å². The minimum atomic E-state index is -4.28. The molecule has 8 heteroatoms. The van der Waals surface area contributed by atoms with Crippen LogP contribution in [0.15, 0.2) is 41.3 Å². The van der Waals surface area contributed by atoms with Crippen LogP contribution in [-0.4, -0.2) is 35.7 Å². The van der Waals surface area contributed by atoms with Gasteiger partial charge in [0.25, 0.3) is 0 Å². The van der Waals surface area contributed by atoms with Crippen molar-refractivity contribution < 1.29 is 31.6 Å². The van der Waals surface area contributed by atoms with E-state index in [1.54, 1.807) is 12.1 Å². The summed E-state index contributed by atoms with van der Waals surface area (Å²) >= 11 is 0. The van der Waals surface area contributed by atoms with Gasteiger partial charge in [-0.25, -0.2) is 4.79 Å². The first kappa shape index (κ1) is 23.3. The Morgan fingerprint density at radius 3 is 2.27 bits per heavy atom. The highest BCUT2D eigenvalue weighted by Gasteiger charge is 2.27. The molecule has 0 saturated heterocycles. The van der Waals surface area contributed by atoms with Crippen LogP contribution in [0.5, 0.6) is 17.2 Å². The van der Waals surface area contributed by atoms with Crippen molar-refractivity contribution in [1.29, 1.82) is 0 Å². The SMILES string of the molecule is COC(=O)/C=C/c1cc(OC)c(OC)c(S(=O)(=O)Oc2cc(C)ccc2C(C)C)c1. The van der Waals surface area contributed by atoms with Crippen LogP contribution in [0.1, 0.15) is 36.5 Å². The number of carbonyl (C=O) groups excluding carboxylic acids is 1. The normalized spacial score (nSPS) is 11.6. The van der Waals surface area contributed by atoms with Crippen LogP contribution in [0.4, 0.5) is 0 Å². The second-order valence-corrected chi connectivity index (χ2v) is 8.36. The van der Waals surface area contributed by atoms with Gasteiger partial charge in [0.05, 0.1) is 21.3 Å². The Kier molecular flexibility index (Phi) is 7.50. The molecule has 0 amide bonds. The van der Waals surface area contributed by atoms with Gasteiger partial charge in [-0.2, -0.15) is 8.42 Å². The molecule has 2 aromatic carbocycles. The Labute approximate surface area is 177 Å². The molecule has 0 unspecified atom stereocenters. The summed E-state index contributed by atoms with van der Waals surface area (Å²) in [6.07, 6.45) is 2.59. The number of carbonyl (C=O) groups is 1. The quantitative estimate of drug-likeness (QED) is 0.351. The molecule has 2 rings (SSSR count). The maximum atomic E-state index is 13.2. The van der Waals surface area contributed by atoms with Gasteiger partial charge in [0.2, 0.25) is 0 Å². The summed E-state index contributed by atoms with van der Waals surface area (Å²) in [5.74, 6) is -0.0821. The first-order valence-corrected chi connectivity index (χ1v) is 10.6. The maximum Gasteiger partial charge on any atom is 0.343 e. The van der Waals surface area contributed by atoms with Crippen LogP contribution in [0.3, 0.4) is 0 Å². The maximum absolute atomic E-state index is 13.2. The molecule has 30 heavy (non-hydrogen) atoms. The van der Waals surface area contributed by atoms with Gasteiger partial charge >= 0.3 is 16.1 Å². The fourth-order valence-electron chi connectivity index (χ4n) is 2.82. The zero-order chi connectivity index (χ0) is 22.5. The van der Waals surface area contributed by atoms with Crippen LogP contribution in [0.2, 0.25) is 0 Å². The Bertz CT molecular complexity index is 1050. The predicted molar refractivity (Wildman–Crippen MR) is 114 cm³/mol. The van der Waals surface area contributed by atoms with E-state index in [1.807, 2.05) is 32.9 Å². The molecule has 0 N–H and O–H groups in total. The highest BCUT2D eigenvalue weighted by Crippen LogP contribution is 2.38. The van der Waals surface area contributed by atoms with Crippen molar-refractivity contribution in [1.82, 2.24) is 0 Å².